The summed E-state index contributed by atoms with van der Waals surface area (Å²) < 4.78 is 5.20. The average molecular weight is 240 g/mol. The molecule has 3 rings (SSSR count). The van der Waals surface area contributed by atoms with Gasteiger partial charge in [-0.15, -0.1) is 0 Å². The third-order valence-electron chi connectivity index (χ3n) is 3.55. The molecule has 18 heavy (non-hydrogen) atoms. The van der Waals surface area contributed by atoms with Crippen LogP contribution in [-0.4, -0.2) is 12.1 Å². The largest absolute Gasteiger partial charge is 0.495 e. The maximum Gasteiger partial charge on any atom is 0.137 e. The number of fused-ring (bicyclic) bond motifs is 1. The number of aryl methyl sites for hydroxylation is 1. The number of hydrogen-bond donors (Lipinski definition) is 1. The number of rotatable bonds is 2. The second-order valence-corrected chi connectivity index (χ2v) is 4.67. The van der Waals surface area contributed by atoms with Gasteiger partial charge in [-0.1, -0.05) is 18.2 Å². The molecule has 1 unspecified atom stereocenters. The summed E-state index contributed by atoms with van der Waals surface area (Å²) in [5, 5.41) is 0. The number of pyridine rings is 1. The van der Waals surface area contributed by atoms with Crippen molar-refractivity contribution >= 4 is 0 Å². The Morgan fingerprint density at radius 1 is 1.22 bits per heavy atom. The fourth-order valence-electron chi connectivity index (χ4n) is 2.52. The van der Waals surface area contributed by atoms with Gasteiger partial charge in [0.15, 0.2) is 0 Å². The standard InChI is InChI=1S/C15H16N2O/c1-18-13-7-12(8-17-9-13)10-2-4-14-11(6-10)3-5-15(14)16/h2,4,6-9,15H,3,5,16H2,1H3. The van der Waals surface area contributed by atoms with E-state index in [4.69, 9.17) is 10.5 Å². The smallest absolute Gasteiger partial charge is 0.137 e. The lowest BCUT2D eigenvalue weighted by molar-refractivity contribution is 0.413. The molecule has 2 N–H and O–H groups in total. The second-order valence-electron chi connectivity index (χ2n) is 4.67. The molecule has 1 atom stereocenters. The van der Waals surface area contributed by atoms with E-state index in [1.807, 2.05) is 12.3 Å². The summed E-state index contributed by atoms with van der Waals surface area (Å²) in [6.07, 6.45) is 5.70. The number of methoxy groups -OCH3 is 1. The Morgan fingerprint density at radius 2 is 2.11 bits per heavy atom. The Morgan fingerprint density at radius 3 is 2.94 bits per heavy atom. The maximum atomic E-state index is 6.05. The summed E-state index contributed by atoms with van der Waals surface area (Å²) in [7, 11) is 1.66. The molecule has 92 valence electrons. The lowest BCUT2D eigenvalue weighted by atomic mass is 10.0. The van der Waals surface area contributed by atoms with Crippen molar-refractivity contribution in [2.75, 3.05) is 7.11 Å². The molecule has 0 amide bonds. The number of nitrogens with zero attached hydrogens (tertiary/aromatic N) is 1. The molecule has 1 aliphatic carbocycles. The lowest BCUT2D eigenvalue weighted by Crippen LogP contribution is -2.04. The van der Waals surface area contributed by atoms with Crippen molar-refractivity contribution in [3.8, 4) is 16.9 Å². The SMILES string of the molecule is COc1cncc(-c2ccc3c(c2)CCC3N)c1. The Kier molecular flexibility index (Phi) is 2.76. The third kappa shape index (κ3) is 1.87. The highest BCUT2D eigenvalue weighted by Gasteiger charge is 2.19. The van der Waals surface area contributed by atoms with E-state index in [-0.39, 0.29) is 6.04 Å². The molecule has 0 radical (unpaired) electrons. The molecule has 0 aliphatic heterocycles. The van der Waals surface area contributed by atoms with Gasteiger partial charge in [0, 0.05) is 17.8 Å². The van der Waals surface area contributed by atoms with E-state index < -0.39 is 0 Å². The molecule has 1 aliphatic rings. The van der Waals surface area contributed by atoms with Gasteiger partial charge in [-0.2, -0.15) is 0 Å². The monoisotopic (exact) mass is 240 g/mol. The topological polar surface area (TPSA) is 48.1 Å². The predicted molar refractivity (Wildman–Crippen MR) is 71.5 cm³/mol. The molecule has 0 saturated heterocycles. The highest BCUT2D eigenvalue weighted by molar-refractivity contribution is 5.66. The summed E-state index contributed by atoms with van der Waals surface area (Å²) in [5.74, 6) is 0.782. The highest BCUT2D eigenvalue weighted by Crippen LogP contribution is 2.33. The number of aromatic nitrogens is 1. The number of ether oxygens (including phenoxy) is 1. The third-order valence-corrected chi connectivity index (χ3v) is 3.55. The van der Waals surface area contributed by atoms with E-state index in [0.717, 1.165) is 24.2 Å². The van der Waals surface area contributed by atoms with Gasteiger partial charge in [0.1, 0.15) is 5.75 Å². The Labute approximate surface area is 107 Å². The van der Waals surface area contributed by atoms with E-state index in [0.29, 0.717) is 0 Å². The molecule has 0 fully saturated rings. The van der Waals surface area contributed by atoms with Crippen molar-refractivity contribution in [2.45, 2.75) is 18.9 Å². The number of nitrogens with two attached hydrogens (primary N) is 1. The predicted octanol–water partition coefficient (Wildman–Crippen LogP) is 2.70. The molecule has 1 aromatic carbocycles. The van der Waals surface area contributed by atoms with Crippen LogP contribution < -0.4 is 10.5 Å². The molecule has 0 bridgehead atoms. The Balaban J connectivity index is 2.02. The van der Waals surface area contributed by atoms with Crippen molar-refractivity contribution in [3.63, 3.8) is 0 Å². The van der Waals surface area contributed by atoms with Crippen LogP contribution in [0.1, 0.15) is 23.6 Å². The number of hydrogen-bond acceptors (Lipinski definition) is 3. The molecule has 0 spiro atoms. The van der Waals surface area contributed by atoms with Crippen LogP contribution >= 0.6 is 0 Å². The minimum atomic E-state index is 0.206. The van der Waals surface area contributed by atoms with Crippen LogP contribution in [0.25, 0.3) is 11.1 Å². The quantitative estimate of drug-likeness (QED) is 0.878. The molecule has 2 aromatic rings. The minimum absolute atomic E-state index is 0.206. The summed E-state index contributed by atoms with van der Waals surface area (Å²) in [6.45, 7) is 0. The van der Waals surface area contributed by atoms with Crippen molar-refractivity contribution in [2.24, 2.45) is 5.73 Å². The molecule has 3 heteroatoms. The van der Waals surface area contributed by atoms with Crippen LogP contribution in [-0.2, 0) is 6.42 Å². The maximum absolute atomic E-state index is 6.05. The van der Waals surface area contributed by atoms with Gasteiger partial charge in [-0.05, 0) is 35.6 Å². The van der Waals surface area contributed by atoms with Crippen molar-refractivity contribution in [1.82, 2.24) is 4.98 Å². The van der Waals surface area contributed by atoms with Gasteiger partial charge in [0.25, 0.3) is 0 Å². The molecule has 1 aromatic heterocycles. The molecule has 0 saturated carbocycles. The highest BCUT2D eigenvalue weighted by atomic mass is 16.5. The first-order valence-electron chi connectivity index (χ1n) is 6.16. The summed E-state index contributed by atoms with van der Waals surface area (Å²) in [5.41, 5.74) is 11.0. The zero-order valence-electron chi connectivity index (χ0n) is 10.4. The van der Waals surface area contributed by atoms with Crippen LogP contribution in [0.15, 0.2) is 36.7 Å². The van der Waals surface area contributed by atoms with Crippen LogP contribution in [0.3, 0.4) is 0 Å². The first-order chi connectivity index (χ1) is 8.78. The van der Waals surface area contributed by atoms with Crippen molar-refractivity contribution in [3.05, 3.63) is 47.8 Å². The van der Waals surface area contributed by atoms with Crippen LogP contribution in [0, 0.1) is 0 Å². The molecular formula is C15H16N2O. The first kappa shape index (κ1) is 11.2. The normalized spacial score (nSPS) is 17.6. The Hall–Kier alpha value is -1.87. The Bertz CT molecular complexity index is 580. The molecule has 1 heterocycles. The fourth-order valence-corrected chi connectivity index (χ4v) is 2.52. The zero-order chi connectivity index (χ0) is 12.5. The first-order valence-corrected chi connectivity index (χ1v) is 6.16. The van der Waals surface area contributed by atoms with Gasteiger partial charge >= 0.3 is 0 Å². The molecular weight excluding hydrogens is 224 g/mol. The fraction of sp³-hybridized carbons (Fsp3) is 0.267. The van der Waals surface area contributed by atoms with E-state index in [9.17, 15) is 0 Å². The van der Waals surface area contributed by atoms with E-state index >= 15 is 0 Å². The lowest BCUT2D eigenvalue weighted by Gasteiger charge is -2.08. The van der Waals surface area contributed by atoms with Gasteiger partial charge in [0.2, 0.25) is 0 Å². The van der Waals surface area contributed by atoms with Gasteiger partial charge in [-0.3, -0.25) is 4.98 Å². The summed E-state index contributed by atoms with van der Waals surface area (Å²) >= 11 is 0. The van der Waals surface area contributed by atoms with E-state index in [1.165, 1.54) is 16.7 Å². The second kappa shape index (κ2) is 4.42. The van der Waals surface area contributed by atoms with E-state index in [2.05, 4.69) is 23.2 Å². The van der Waals surface area contributed by atoms with Gasteiger partial charge in [0.05, 0.1) is 13.3 Å². The number of benzene rings is 1. The van der Waals surface area contributed by atoms with Crippen LogP contribution in [0.4, 0.5) is 0 Å². The summed E-state index contributed by atoms with van der Waals surface area (Å²) in [4.78, 5) is 4.19. The summed E-state index contributed by atoms with van der Waals surface area (Å²) in [6, 6.07) is 8.68. The van der Waals surface area contributed by atoms with E-state index in [1.54, 1.807) is 13.3 Å². The van der Waals surface area contributed by atoms with Crippen molar-refractivity contribution in [1.29, 1.82) is 0 Å². The van der Waals surface area contributed by atoms with Crippen LogP contribution in [0.5, 0.6) is 5.75 Å². The van der Waals surface area contributed by atoms with Gasteiger partial charge < -0.3 is 10.5 Å². The average Bonchev–Trinajstić information content (AvgIpc) is 2.80. The van der Waals surface area contributed by atoms with Crippen LogP contribution in [0.2, 0.25) is 0 Å². The minimum Gasteiger partial charge on any atom is -0.495 e. The zero-order valence-corrected chi connectivity index (χ0v) is 10.4. The van der Waals surface area contributed by atoms with Gasteiger partial charge in [-0.25, -0.2) is 0 Å². The van der Waals surface area contributed by atoms with Crippen molar-refractivity contribution < 1.29 is 4.74 Å². The molecule has 3 nitrogen and oxygen atoms in total.